The van der Waals surface area contributed by atoms with E-state index in [-0.39, 0.29) is 0 Å². The van der Waals surface area contributed by atoms with Gasteiger partial charge >= 0.3 is 0 Å². The van der Waals surface area contributed by atoms with Crippen molar-refractivity contribution in [1.82, 2.24) is 5.32 Å². The van der Waals surface area contributed by atoms with Gasteiger partial charge < -0.3 is 5.32 Å². The molecule has 0 amide bonds. The predicted molar refractivity (Wildman–Crippen MR) is 85.5 cm³/mol. The van der Waals surface area contributed by atoms with Gasteiger partial charge in [0.05, 0.1) is 0 Å². The summed E-state index contributed by atoms with van der Waals surface area (Å²) < 4.78 is 1.11. The average Bonchev–Trinajstić information content (AvgIpc) is 2.40. The fourth-order valence-corrected chi connectivity index (χ4v) is 2.75. The minimum atomic E-state index is 0.331. The summed E-state index contributed by atoms with van der Waals surface area (Å²) in [5, 5.41) is 4.37. The van der Waals surface area contributed by atoms with Crippen molar-refractivity contribution in [2.75, 3.05) is 0 Å². The molecule has 2 rings (SSSR count). The van der Waals surface area contributed by atoms with Crippen molar-refractivity contribution in [3.63, 3.8) is 0 Å². The number of nitrogens with one attached hydrogen (secondary N) is 1. The highest BCUT2D eigenvalue weighted by Crippen LogP contribution is 2.21. The van der Waals surface area contributed by atoms with E-state index >= 15 is 0 Å². The second kappa shape index (κ2) is 7.09. The van der Waals surface area contributed by atoms with Gasteiger partial charge in [0.1, 0.15) is 0 Å². The molecule has 0 aliphatic heterocycles. The Kier molecular flexibility index (Phi) is 5.44. The lowest BCUT2D eigenvalue weighted by Crippen LogP contribution is -2.20. The van der Waals surface area contributed by atoms with Gasteiger partial charge in [0.2, 0.25) is 0 Å². The molecule has 1 atom stereocenters. The lowest BCUT2D eigenvalue weighted by Gasteiger charge is -2.18. The Balaban J connectivity index is 2.04. The van der Waals surface area contributed by atoms with E-state index in [4.69, 9.17) is 11.6 Å². The van der Waals surface area contributed by atoms with Crippen LogP contribution in [0.2, 0.25) is 5.02 Å². The summed E-state index contributed by atoms with van der Waals surface area (Å²) in [5.74, 6) is 0. The molecule has 2 aromatic carbocycles. The number of hydrogen-bond acceptors (Lipinski definition) is 1. The number of rotatable bonds is 5. The van der Waals surface area contributed by atoms with Crippen LogP contribution in [0, 0.1) is 0 Å². The maximum Gasteiger partial charge on any atom is 0.0409 e. The van der Waals surface area contributed by atoms with Crippen LogP contribution in [0.4, 0.5) is 0 Å². The topological polar surface area (TPSA) is 12.0 Å². The van der Waals surface area contributed by atoms with E-state index in [2.05, 4.69) is 52.4 Å². The smallest absolute Gasteiger partial charge is 0.0409 e. The van der Waals surface area contributed by atoms with Crippen LogP contribution in [0.25, 0.3) is 0 Å². The molecular weight excluding hydrogens is 322 g/mol. The first kappa shape index (κ1) is 14.6. The third kappa shape index (κ3) is 4.34. The molecule has 1 N–H and O–H groups in total. The number of benzene rings is 2. The maximum atomic E-state index is 6.05. The van der Waals surface area contributed by atoms with Gasteiger partial charge in [0.15, 0.2) is 0 Å². The molecule has 19 heavy (non-hydrogen) atoms. The van der Waals surface area contributed by atoms with Crippen molar-refractivity contribution < 1.29 is 0 Å². The molecule has 0 aliphatic carbocycles. The molecule has 0 aromatic heterocycles. The quantitative estimate of drug-likeness (QED) is 0.775. The molecule has 0 bridgehead atoms. The lowest BCUT2D eigenvalue weighted by atomic mass is 10.0. The van der Waals surface area contributed by atoms with E-state index in [1.54, 1.807) is 0 Å². The Labute approximate surface area is 128 Å². The minimum Gasteiger partial charge on any atom is -0.306 e. The van der Waals surface area contributed by atoms with E-state index < -0.39 is 0 Å². The number of hydrogen-bond donors (Lipinski definition) is 1. The third-order valence-corrected chi connectivity index (χ3v) is 3.83. The summed E-state index contributed by atoms with van der Waals surface area (Å²) >= 11 is 9.55. The normalized spacial score (nSPS) is 12.4. The molecule has 1 unspecified atom stereocenters. The highest BCUT2D eigenvalue weighted by atomic mass is 79.9. The zero-order chi connectivity index (χ0) is 13.7. The first-order chi connectivity index (χ1) is 9.19. The van der Waals surface area contributed by atoms with Crippen LogP contribution in [0.5, 0.6) is 0 Å². The first-order valence-corrected chi connectivity index (χ1v) is 7.59. The van der Waals surface area contributed by atoms with Crippen molar-refractivity contribution in [2.45, 2.75) is 25.9 Å². The molecule has 0 fully saturated rings. The molecule has 0 spiro atoms. The fraction of sp³-hybridized carbons (Fsp3) is 0.250. The van der Waals surface area contributed by atoms with E-state index in [0.29, 0.717) is 6.04 Å². The van der Waals surface area contributed by atoms with Gasteiger partial charge in [0, 0.05) is 22.1 Å². The largest absolute Gasteiger partial charge is 0.306 e. The van der Waals surface area contributed by atoms with Crippen LogP contribution in [-0.2, 0) is 6.54 Å². The molecule has 1 nitrogen and oxygen atoms in total. The second-order valence-electron chi connectivity index (χ2n) is 4.53. The van der Waals surface area contributed by atoms with Crippen LogP contribution in [0.15, 0.2) is 53.0 Å². The van der Waals surface area contributed by atoms with Crippen molar-refractivity contribution in [3.8, 4) is 0 Å². The van der Waals surface area contributed by atoms with E-state index in [1.807, 2.05) is 24.3 Å². The van der Waals surface area contributed by atoms with E-state index in [0.717, 1.165) is 22.5 Å². The Bertz CT molecular complexity index is 542. The monoisotopic (exact) mass is 337 g/mol. The van der Waals surface area contributed by atoms with Gasteiger partial charge in [-0.15, -0.1) is 0 Å². The van der Waals surface area contributed by atoms with Crippen LogP contribution >= 0.6 is 27.5 Å². The standard InChI is InChI=1S/C16H17BrClN/c1-2-16(13-6-4-8-15(18)10-13)19-11-12-5-3-7-14(17)9-12/h3-10,16,19H,2,11H2,1H3. The molecule has 0 saturated carbocycles. The highest BCUT2D eigenvalue weighted by molar-refractivity contribution is 9.10. The SMILES string of the molecule is CCC(NCc1cccc(Br)c1)c1cccc(Cl)c1. The summed E-state index contributed by atoms with van der Waals surface area (Å²) in [5.41, 5.74) is 2.51. The molecule has 0 heterocycles. The summed E-state index contributed by atoms with van der Waals surface area (Å²) in [6, 6.07) is 16.8. The van der Waals surface area contributed by atoms with Gasteiger partial charge in [-0.1, -0.05) is 58.7 Å². The van der Waals surface area contributed by atoms with Crippen molar-refractivity contribution in [2.24, 2.45) is 0 Å². The fourth-order valence-electron chi connectivity index (χ4n) is 2.11. The van der Waals surface area contributed by atoms with Crippen molar-refractivity contribution in [1.29, 1.82) is 0 Å². The summed E-state index contributed by atoms with van der Waals surface area (Å²) in [4.78, 5) is 0. The molecule has 0 radical (unpaired) electrons. The summed E-state index contributed by atoms with van der Waals surface area (Å²) in [6.07, 6.45) is 1.04. The van der Waals surface area contributed by atoms with Gasteiger partial charge in [-0.25, -0.2) is 0 Å². The molecule has 0 aliphatic rings. The van der Waals surface area contributed by atoms with Crippen molar-refractivity contribution in [3.05, 3.63) is 69.2 Å². The van der Waals surface area contributed by atoms with Crippen LogP contribution in [-0.4, -0.2) is 0 Å². The Morgan fingerprint density at radius 3 is 2.63 bits per heavy atom. The van der Waals surface area contributed by atoms with E-state index in [9.17, 15) is 0 Å². The van der Waals surface area contributed by atoms with Crippen LogP contribution < -0.4 is 5.32 Å². The zero-order valence-corrected chi connectivity index (χ0v) is 13.2. The maximum absolute atomic E-state index is 6.05. The Morgan fingerprint density at radius 2 is 1.95 bits per heavy atom. The van der Waals surface area contributed by atoms with Crippen molar-refractivity contribution >= 4 is 27.5 Å². The van der Waals surface area contributed by atoms with Crippen LogP contribution in [0.1, 0.15) is 30.5 Å². The Morgan fingerprint density at radius 1 is 1.16 bits per heavy atom. The first-order valence-electron chi connectivity index (χ1n) is 6.42. The summed E-state index contributed by atoms with van der Waals surface area (Å²) in [7, 11) is 0. The van der Waals surface area contributed by atoms with Gasteiger partial charge in [-0.3, -0.25) is 0 Å². The van der Waals surface area contributed by atoms with Crippen LogP contribution in [0.3, 0.4) is 0 Å². The highest BCUT2D eigenvalue weighted by Gasteiger charge is 2.08. The molecular formula is C16H17BrClN. The molecule has 100 valence electrons. The molecule has 0 saturated heterocycles. The average molecular weight is 339 g/mol. The molecule has 2 aromatic rings. The van der Waals surface area contributed by atoms with Gasteiger partial charge in [-0.2, -0.15) is 0 Å². The summed E-state index contributed by atoms with van der Waals surface area (Å²) in [6.45, 7) is 3.03. The zero-order valence-electron chi connectivity index (χ0n) is 10.9. The number of halogens is 2. The minimum absolute atomic E-state index is 0.331. The second-order valence-corrected chi connectivity index (χ2v) is 5.88. The predicted octanol–water partition coefficient (Wildman–Crippen LogP) is 5.34. The van der Waals surface area contributed by atoms with E-state index in [1.165, 1.54) is 11.1 Å². The lowest BCUT2D eigenvalue weighted by molar-refractivity contribution is 0.519. The molecule has 3 heteroatoms. The van der Waals surface area contributed by atoms with Gasteiger partial charge in [0.25, 0.3) is 0 Å². The third-order valence-electron chi connectivity index (χ3n) is 3.10. The Hall–Kier alpha value is -0.830. The van der Waals surface area contributed by atoms with Gasteiger partial charge in [-0.05, 0) is 41.8 Å².